The molecule has 1 fully saturated rings. The van der Waals surface area contributed by atoms with Gasteiger partial charge in [-0.1, -0.05) is 6.07 Å². The van der Waals surface area contributed by atoms with Gasteiger partial charge >= 0.3 is 0 Å². The molecule has 0 bridgehead atoms. The number of nitrogens with zero attached hydrogens (tertiary/aromatic N) is 2. The fourth-order valence-corrected chi connectivity index (χ4v) is 2.18. The lowest BCUT2D eigenvalue weighted by Gasteiger charge is -2.35. The fraction of sp³-hybridized carbons (Fsp3) is 0.400. The molecule has 2 aromatic rings. The van der Waals surface area contributed by atoms with Gasteiger partial charge in [-0.25, -0.2) is 4.98 Å². The molecule has 0 radical (unpaired) electrons. The van der Waals surface area contributed by atoms with Crippen LogP contribution in [0.5, 0.6) is 0 Å². The van der Waals surface area contributed by atoms with Crippen molar-refractivity contribution in [2.75, 3.05) is 18.5 Å². The summed E-state index contributed by atoms with van der Waals surface area (Å²) in [5, 5.41) is 3.44. The van der Waals surface area contributed by atoms with Gasteiger partial charge in [-0.2, -0.15) is 0 Å². The first-order valence-electron chi connectivity index (χ1n) is 6.75. The number of imidazole rings is 1. The first-order valence-corrected chi connectivity index (χ1v) is 6.75. The van der Waals surface area contributed by atoms with Crippen LogP contribution in [0.1, 0.15) is 13.8 Å². The highest BCUT2D eigenvalue weighted by atomic mass is 16.7. The predicted molar refractivity (Wildman–Crippen MR) is 77.0 cm³/mol. The summed E-state index contributed by atoms with van der Waals surface area (Å²) in [6, 6.07) is 8.36. The highest BCUT2D eigenvalue weighted by molar-refractivity contribution is 5.51. The molecular formula is C15H19N3O2. The molecule has 0 aliphatic carbocycles. The molecule has 0 spiro atoms. The van der Waals surface area contributed by atoms with Crippen molar-refractivity contribution < 1.29 is 9.47 Å². The maximum Gasteiger partial charge on any atom is 0.162 e. The Labute approximate surface area is 118 Å². The Bertz CT molecular complexity index is 556. The van der Waals surface area contributed by atoms with E-state index in [0.717, 1.165) is 11.4 Å². The third-order valence-corrected chi connectivity index (χ3v) is 3.28. The highest BCUT2D eigenvalue weighted by Gasteiger charge is 2.28. The summed E-state index contributed by atoms with van der Waals surface area (Å²) in [5.41, 5.74) is 2.12. The van der Waals surface area contributed by atoms with Crippen molar-refractivity contribution >= 4 is 5.69 Å². The SMILES string of the molecule is CC1(C)OCC(Nc2cccc(-n3ccnc3)c2)CO1. The molecule has 0 unspecified atom stereocenters. The number of ether oxygens (including phenoxy) is 2. The van der Waals surface area contributed by atoms with Crippen LogP contribution in [0.25, 0.3) is 5.69 Å². The van der Waals surface area contributed by atoms with E-state index in [2.05, 4.69) is 16.4 Å². The summed E-state index contributed by atoms with van der Waals surface area (Å²) in [6.45, 7) is 5.15. The molecule has 1 aliphatic heterocycles. The maximum absolute atomic E-state index is 5.65. The van der Waals surface area contributed by atoms with E-state index in [1.54, 1.807) is 12.5 Å². The summed E-state index contributed by atoms with van der Waals surface area (Å²) < 4.78 is 13.3. The van der Waals surface area contributed by atoms with Gasteiger partial charge in [-0.3, -0.25) is 0 Å². The molecule has 1 aliphatic rings. The molecular weight excluding hydrogens is 254 g/mol. The lowest BCUT2D eigenvalue weighted by Crippen LogP contribution is -2.45. The van der Waals surface area contributed by atoms with Gasteiger partial charge in [0.15, 0.2) is 5.79 Å². The second-order valence-electron chi connectivity index (χ2n) is 5.38. The number of nitrogens with one attached hydrogen (secondary N) is 1. The second kappa shape index (κ2) is 5.26. The first-order chi connectivity index (χ1) is 9.62. The van der Waals surface area contributed by atoms with Crippen molar-refractivity contribution in [3.63, 3.8) is 0 Å². The maximum atomic E-state index is 5.65. The van der Waals surface area contributed by atoms with Crippen LogP contribution in [0, 0.1) is 0 Å². The Hall–Kier alpha value is -1.85. The molecule has 1 saturated heterocycles. The van der Waals surface area contributed by atoms with E-state index in [9.17, 15) is 0 Å². The average Bonchev–Trinajstić information content (AvgIpc) is 2.96. The van der Waals surface area contributed by atoms with E-state index < -0.39 is 5.79 Å². The molecule has 2 heterocycles. The van der Waals surface area contributed by atoms with Crippen LogP contribution in [-0.2, 0) is 9.47 Å². The minimum absolute atomic E-state index is 0.168. The van der Waals surface area contributed by atoms with Crippen LogP contribution in [0.2, 0.25) is 0 Å². The largest absolute Gasteiger partial charge is 0.378 e. The van der Waals surface area contributed by atoms with Gasteiger partial charge in [0.1, 0.15) is 0 Å². The van der Waals surface area contributed by atoms with E-state index in [4.69, 9.17) is 9.47 Å². The molecule has 1 aromatic heterocycles. The lowest BCUT2D eigenvalue weighted by molar-refractivity contribution is -0.247. The van der Waals surface area contributed by atoms with Crippen LogP contribution in [-0.4, -0.2) is 34.6 Å². The summed E-state index contributed by atoms with van der Waals surface area (Å²) in [6.07, 6.45) is 5.48. The second-order valence-corrected chi connectivity index (χ2v) is 5.38. The molecule has 0 amide bonds. The Morgan fingerprint density at radius 3 is 2.80 bits per heavy atom. The van der Waals surface area contributed by atoms with E-state index in [-0.39, 0.29) is 6.04 Å². The Kier molecular flexibility index (Phi) is 3.46. The van der Waals surface area contributed by atoms with Crippen molar-refractivity contribution in [2.45, 2.75) is 25.7 Å². The summed E-state index contributed by atoms with van der Waals surface area (Å²) >= 11 is 0. The summed E-state index contributed by atoms with van der Waals surface area (Å²) in [7, 11) is 0. The van der Waals surface area contributed by atoms with Gasteiger partial charge in [-0.05, 0) is 32.0 Å². The average molecular weight is 273 g/mol. The van der Waals surface area contributed by atoms with Crippen molar-refractivity contribution in [1.82, 2.24) is 9.55 Å². The smallest absolute Gasteiger partial charge is 0.162 e. The number of benzene rings is 1. The zero-order valence-electron chi connectivity index (χ0n) is 11.7. The molecule has 0 atom stereocenters. The quantitative estimate of drug-likeness (QED) is 0.933. The van der Waals surface area contributed by atoms with Crippen molar-refractivity contribution in [1.29, 1.82) is 0 Å². The monoisotopic (exact) mass is 273 g/mol. The van der Waals surface area contributed by atoms with Crippen LogP contribution < -0.4 is 5.32 Å². The van der Waals surface area contributed by atoms with Crippen LogP contribution in [0.4, 0.5) is 5.69 Å². The molecule has 5 heteroatoms. The number of hydrogen-bond donors (Lipinski definition) is 1. The van der Waals surface area contributed by atoms with Gasteiger partial charge in [-0.15, -0.1) is 0 Å². The lowest BCUT2D eigenvalue weighted by atomic mass is 10.2. The van der Waals surface area contributed by atoms with E-state index in [0.29, 0.717) is 13.2 Å². The van der Waals surface area contributed by atoms with Gasteiger partial charge < -0.3 is 19.4 Å². The third kappa shape index (κ3) is 3.00. The van der Waals surface area contributed by atoms with Crippen molar-refractivity contribution in [2.24, 2.45) is 0 Å². The van der Waals surface area contributed by atoms with Gasteiger partial charge in [0, 0.05) is 23.8 Å². The molecule has 0 saturated carbocycles. The molecule has 20 heavy (non-hydrogen) atoms. The zero-order chi connectivity index (χ0) is 14.0. The Morgan fingerprint density at radius 2 is 2.10 bits per heavy atom. The summed E-state index contributed by atoms with van der Waals surface area (Å²) in [5.74, 6) is -0.475. The van der Waals surface area contributed by atoms with E-state index in [1.807, 2.05) is 42.8 Å². The Morgan fingerprint density at radius 1 is 1.30 bits per heavy atom. The third-order valence-electron chi connectivity index (χ3n) is 3.28. The molecule has 1 N–H and O–H groups in total. The first kappa shape index (κ1) is 13.1. The standard InChI is InChI=1S/C15H19N3O2/c1-15(2)19-9-13(10-20-15)17-12-4-3-5-14(8-12)18-7-6-16-11-18/h3-8,11,13,17H,9-10H2,1-2H3. The molecule has 1 aromatic carbocycles. The van der Waals surface area contributed by atoms with Gasteiger partial charge in [0.25, 0.3) is 0 Å². The van der Waals surface area contributed by atoms with Crippen molar-refractivity contribution in [3.05, 3.63) is 43.0 Å². The summed E-state index contributed by atoms with van der Waals surface area (Å²) in [4.78, 5) is 4.06. The van der Waals surface area contributed by atoms with Crippen molar-refractivity contribution in [3.8, 4) is 5.69 Å². The van der Waals surface area contributed by atoms with Gasteiger partial charge in [0.2, 0.25) is 0 Å². The fourth-order valence-electron chi connectivity index (χ4n) is 2.18. The number of aromatic nitrogens is 2. The number of anilines is 1. The number of rotatable bonds is 3. The minimum atomic E-state index is -0.475. The van der Waals surface area contributed by atoms with E-state index >= 15 is 0 Å². The predicted octanol–water partition coefficient (Wildman–Crippen LogP) is 2.44. The topological polar surface area (TPSA) is 48.3 Å². The normalized spacial score (nSPS) is 18.9. The zero-order valence-corrected chi connectivity index (χ0v) is 11.7. The van der Waals surface area contributed by atoms with Crippen LogP contribution in [0.3, 0.4) is 0 Å². The Balaban J connectivity index is 1.68. The molecule has 3 rings (SSSR count). The molecule has 106 valence electrons. The van der Waals surface area contributed by atoms with Gasteiger partial charge in [0.05, 0.1) is 25.6 Å². The van der Waals surface area contributed by atoms with Crippen LogP contribution >= 0.6 is 0 Å². The minimum Gasteiger partial charge on any atom is -0.378 e. The van der Waals surface area contributed by atoms with Crippen LogP contribution in [0.15, 0.2) is 43.0 Å². The molecule has 5 nitrogen and oxygen atoms in total. The number of hydrogen-bond acceptors (Lipinski definition) is 4. The van der Waals surface area contributed by atoms with E-state index in [1.165, 1.54) is 0 Å². The highest BCUT2D eigenvalue weighted by Crippen LogP contribution is 2.20.